The van der Waals surface area contributed by atoms with E-state index in [1.165, 1.54) is 0 Å². The van der Waals surface area contributed by atoms with E-state index in [2.05, 4.69) is 42.1 Å². The maximum Gasteiger partial charge on any atom is 0.358 e. The second kappa shape index (κ2) is 8.86. The van der Waals surface area contributed by atoms with Gasteiger partial charge in [0, 0.05) is 37.8 Å². The zero-order valence-corrected chi connectivity index (χ0v) is 17.2. The molecule has 0 bridgehead atoms. The Hall–Kier alpha value is -3.55. The molecule has 1 fully saturated rings. The number of ether oxygens (including phenoxy) is 1. The molecule has 30 heavy (non-hydrogen) atoms. The Balaban J connectivity index is 1.44. The van der Waals surface area contributed by atoms with E-state index in [0.717, 1.165) is 54.9 Å². The van der Waals surface area contributed by atoms with Gasteiger partial charge in [-0.2, -0.15) is 0 Å². The number of aromatic nitrogens is 4. The molecular weight excluding hydrogens is 380 g/mol. The summed E-state index contributed by atoms with van der Waals surface area (Å²) in [5, 5.41) is 8.21. The van der Waals surface area contributed by atoms with Gasteiger partial charge >= 0.3 is 5.97 Å². The van der Waals surface area contributed by atoms with Gasteiger partial charge in [0.25, 0.3) is 0 Å². The van der Waals surface area contributed by atoms with E-state index in [0.29, 0.717) is 6.61 Å². The van der Waals surface area contributed by atoms with Crippen molar-refractivity contribution in [3.05, 3.63) is 60.0 Å². The SMILES string of the molecule is CCOC(=O)c1ccc(N2CCN(c3cc(-c4ccccc4)nc(C)n3)CC2)nn1. The van der Waals surface area contributed by atoms with Crippen LogP contribution < -0.4 is 9.80 Å². The van der Waals surface area contributed by atoms with Gasteiger partial charge in [-0.05, 0) is 26.0 Å². The first kappa shape index (κ1) is 19.8. The predicted octanol–water partition coefficient (Wildman–Crippen LogP) is 2.75. The maximum absolute atomic E-state index is 11.7. The van der Waals surface area contributed by atoms with Gasteiger partial charge in [0.2, 0.25) is 0 Å². The van der Waals surface area contributed by atoms with Crippen molar-refractivity contribution in [2.24, 2.45) is 0 Å². The van der Waals surface area contributed by atoms with E-state index in [4.69, 9.17) is 4.74 Å². The average molecular weight is 404 g/mol. The third-order valence-corrected chi connectivity index (χ3v) is 4.96. The standard InChI is InChI=1S/C22H24N6O2/c1-3-30-22(29)18-9-10-20(26-25-18)27-11-13-28(14-12-27)21-15-19(23-16(2)24-21)17-7-5-4-6-8-17/h4-10,15H,3,11-14H2,1-2H3. The van der Waals surface area contributed by atoms with Crippen LogP contribution in [0.3, 0.4) is 0 Å². The molecule has 0 saturated carbocycles. The highest BCUT2D eigenvalue weighted by atomic mass is 16.5. The number of hydrogen-bond donors (Lipinski definition) is 0. The molecule has 3 aromatic rings. The summed E-state index contributed by atoms with van der Waals surface area (Å²) in [7, 11) is 0. The molecule has 0 aliphatic carbocycles. The fourth-order valence-electron chi connectivity index (χ4n) is 3.44. The Labute approximate surface area is 175 Å². The lowest BCUT2D eigenvalue weighted by Gasteiger charge is -2.36. The molecule has 3 heterocycles. The van der Waals surface area contributed by atoms with Crippen LogP contribution in [0.4, 0.5) is 11.6 Å². The number of benzene rings is 1. The highest BCUT2D eigenvalue weighted by molar-refractivity contribution is 5.87. The smallest absolute Gasteiger partial charge is 0.358 e. The first-order chi connectivity index (χ1) is 14.6. The van der Waals surface area contributed by atoms with E-state index >= 15 is 0 Å². The van der Waals surface area contributed by atoms with Crippen LogP contribution in [0.5, 0.6) is 0 Å². The van der Waals surface area contributed by atoms with Crippen LogP contribution in [0, 0.1) is 6.92 Å². The lowest BCUT2D eigenvalue weighted by Crippen LogP contribution is -2.47. The molecule has 0 radical (unpaired) electrons. The molecule has 0 amide bonds. The summed E-state index contributed by atoms with van der Waals surface area (Å²) in [6.07, 6.45) is 0. The molecule has 0 unspecified atom stereocenters. The number of nitrogens with zero attached hydrogens (tertiary/aromatic N) is 6. The van der Waals surface area contributed by atoms with Gasteiger partial charge < -0.3 is 14.5 Å². The Morgan fingerprint density at radius 3 is 2.27 bits per heavy atom. The summed E-state index contributed by atoms with van der Waals surface area (Å²) in [6, 6.07) is 15.7. The van der Waals surface area contributed by atoms with E-state index < -0.39 is 5.97 Å². The number of hydrogen-bond acceptors (Lipinski definition) is 8. The molecule has 8 heteroatoms. The summed E-state index contributed by atoms with van der Waals surface area (Å²) in [6.45, 7) is 7.21. The maximum atomic E-state index is 11.7. The zero-order valence-electron chi connectivity index (χ0n) is 17.2. The van der Waals surface area contributed by atoms with Crippen LogP contribution >= 0.6 is 0 Å². The zero-order chi connectivity index (χ0) is 20.9. The number of aryl methyl sites for hydroxylation is 1. The number of carbonyl (C=O) groups excluding carboxylic acids is 1. The predicted molar refractivity (Wildman–Crippen MR) is 115 cm³/mol. The number of esters is 1. The Kier molecular flexibility index (Phi) is 5.83. The highest BCUT2D eigenvalue weighted by Gasteiger charge is 2.21. The normalized spacial score (nSPS) is 13.9. The molecule has 0 spiro atoms. The molecule has 4 rings (SSSR count). The molecule has 0 N–H and O–H groups in total. The Bertz CT molecular complexity index is 1000. The summed E-state index contributed by atoms with van der Waals surface area (Å²) in [5.74, 6) is 2.00. The minimum Gasteiger partial charge on any atom is -0.461 e. The number of carbonyl (C=O) groups is 1. The van der Waals surface area contributed by atoms with Gasteiger partial charge in [0.05, 0.1) is 12.3 Å². The van der Waals surface area contributed by atoms with E-state index in [-0.39, 0.29) is 5.69 Å². The van der Waals surface area contributed by atoms with Gasteiger partial charge in [-0.15, -0.1) is 10.2 Å². The Morgan fingerprint density at radius 2 is 1.63 bits per heavy atom. The minimum absolute atomic E-state index is 0.226. The van der Waals surface area contributed by atoms with E-state index in [9.17, 15) is 4.79 Å². The molecule has 8 nitrogen and oxygen atoms in total. The van der Waals surface area contributed by atoms with Gasteiger partial charge in [-0.25, -0.2) is 14.8 Å². The quantitative estimate of drug-likeness (QED) is 0.600. The molecule has 1 aliphatic rings. The van der Waals surface area contributed by atoms with Gasteiger partial charge in [-0.1, -0.05) is 30.3 Å². The lowest BCUT2D eigenvalue weighted by atomic mass is 10.1. The van der Waals surface area contributed by atoms with Crippen LogP contribution in [0.15, 0.2) is 48.5 Å². The average Bonchev–Trinajstić information content (AvgIpc) is 2.80. The molecule has 1 aliphatic heterocycles. The fourth-order valence-corrected chi connectivity index (χ4v) is 3.44. The summed E-state index contributed by atoms with van der Waals surface area (Å²) in [4.78, 5) is 25.4. The third-order valence-electron chi connectivity index (χ3n) is 4.96. The van der Waals surface area contributed by atoms with Crippen molar-refractivity contribution in [2.75, 3.05) is 42.6 Å². The van der Waals surface area contributed by atoms with Crippen molar-refractivity contribution in [1.82, 2.24) is 20.2 Å². The molecule has 154 valence electrons. The molecule has 1 saturated heterocycles. The highest BCUT2D eigenvalue weighted by Crippen LogP contribution is 2.23. The second-order valence-electron chi connectivity index (χ2n) is 7.00. The second-order valence-corrected chi connectivity index (χ2v) is 7.00. The fraction of sp³-hybridized carbons (Fsp3) is 0.318. The molecule has 1 aromatic carbocycles. The molecule has 0 atom stereocenters. The largest absolute Gasteiger partial charge is 0.461 e. The van der Waals surface area contributed by atoms with Crippen LogP contribution in [0.2, 0.25) is 0 Å². The van der Waals surface area contributed by atoms with Crippen molar-refractivity contribution in [3.63, 3.8) is 0 Å². The summed E-state index contributed by atoms with van der Waals surface area (Å²) >= 11 is 0. The lowest BCUT2D eigenvalue weighted by molar-refractivity contribution is 0.0518. The van der Waals surface area contributed by atoms with Crippen LogP contribution in [-0.4, -0.2) is 58.9 Å². The number of piperazine rings is 1. The van der Waals surface area contributed by atoms with E-state index in [1.807, 2.05) is 37.3 Å². The topological polar surface area (TPSA) is 84.3 Å². The van der Waals surface area contributed by atoms with Crippen LogP contribution in [-0.2, 0) is 4.74 Å². The van der Waals surface area contributed by atoms with Gasteiger partial charge in [0.1, 0.15) is 11.6 Å². The van der Waals surface area contributed by atoms with Crippen molar-refractivity contribution < 1.29 is 9.53 Å². The van der Waals surface area contributed by atoms with Crippen molar-refractivity contribution in [1.29, 1.82) is 0 Å². The van der Waals surface area contributed by atoms with Crippen LogP contribution in [0.1, 0.15) is 23.2 Å². The number of rotatable bonds is 5. The first-order valence-corrected chi connectivity index (χ1v) is 10.1. The minimum atomic E-state index is -0.449. The van der Waals surface area contributed by atoms with Crippen molar-refractivity contribution in [2.45, 2.75) is 13.8 Å². The third kappa shape index (κ3) is 4.37. The van der Waals surface area contributed by atoms with Crippen molar-refractivity contribution >= 4 is 17.6 Å². The first-order valence-electron chi connectivity index (χ1n) is 10.1. The Morgan fingerprint density at radius 1 is 0.933 bits per heavy atom. The molecular formula is C22H24N6O2. The van der Waals surface area contributed by atoms with E-state index in [1.54, 1.807) is 13.0 Å². The summed E-state index contributed by atoms with van der Waals surface area (Å²) < 4.78 is 4.95. The monoisotopic (exact) mass is 404 g/mol. The number of anilines is 2. The molecule has 2 aromatic heterocycles. The van der Waals surface area contributed by atoms with Crippen molar-refractivity contribution in [3.8, 4) is 11.3 Å². The summed E-state index contributed by atoms with van der Waals surface area (Å²) in [5.41, 5.74) is 2.24. The van der Waals surface area contributed by atoms with Gasteiger partial charge in [0.15, 0.2) is 11.5 Å². The van der Waals surface area contributed by atoms with Gasteiger partial charge in [-0.3, -0.25) is 0 Å². The van der Waals surface area contributed by atoms with Crippen LogP contribution in [0.25, 0.3) is 11.3 Å².